The largest absolute Gasteiger partial charge is 0.396 e. The number of nitrogens with zero attached hydrogens (tertiary/aromatic N) is 4. The molecule has 5 rings (SSSR count). The fourth-order valence-corrected chi connectivity index (χ4v) is 5.56. The van der Waals surface area contributed by atoms with Crippen LogP contribution in [0.4, 0.5) is 11.8 Å². The zero-order chi connectivity index (χ0) is 24.5. The van der Waals surface area contributed by atoms with Crippen LogP contribution in [0.3, 0.4) is 0 Å². The smallest absolute Gasteiger partial charge is 0.225 e. The molecule has 5 atom stereocenters. The first-order chi connectivity index (χ1) is 16.9. The van der Waals surface area contributed by atoms with Gasteiger partial charge >= 0.3 is 0 Å². The van der Waals surface area contributed by atoms with Gasteiger partial charge < -0.3 is 26.0 Å². The van der Waals surface area contributed by atoms with Gasteiger partial charge in [0, 0.05) is 18.7 Å². The first-order valence-electron chi connectivity index (χ1n) is 11.6. The van der Waals surface area contributed by atoms with Crippen molar-refractivity contribution in [3.05, 3.63) is 60.0 Å². The lowest BCUT2D eigenvalue weighted by Gasteiger charge is -2.22. The van der Waals surface area contributed by atoms with Crippen LogP contribution in [-0.4, -0.2) is 60.1 Å². The number of nitrogens with one attached hydrogen (secondary N) is 2. The van der Waals surface area contributed by atoms with Crippen LogP contribution in [-0.2, 0) is 0 Å². The molecule has 0 aliphatic heterocycles. The average Bonchev–Trinajstić information content (AvgIpc) is 3.40. The number of rotatable bonds is 7. The number of thiazole rings is 1. The highest BCUT2D eigenvalue weighted by molar-refractivity contribution is 7.21. The molecule has 1 aromatic carbocycles. The van der Waals surface area contributed by atoms with E-state index in [0.717, 1.165) is 32.0 Å². The maximum Gasteiger partial charge on any atom is 0.225 e. The Morgan fingerprint density at radius 2 is 1.89 bits per heavy atom. The maximum atomic E-state index is 10.6. The summed E-state index contributed by atoms with van der Waals surface area (Å²) in [5.74, 6) is 0.555. The number of hydrogen-bond donors (Lipinski definition) is 5. The van der Waals surface area contributed by atoms with Gasteiger partial charge in [-0.15, -0.1) is 11.3 Å². The third-order valence-electron chi connectivity index (χ3n) is 6.50. The van der Waals surface area contributed by atoms with E-state index in [-0.39, 0.29) is 12.6 Å². The van der Waals surface area contributed by atoms with Gasteiger partial charge in [0.15, 0.2) is 0 Å². The summed E-state index contributed by atoms with van der Waals surface area (Å²) in [7, 11) is 0. The van der Waals surface area contributed by atoms with Crippen LogP contribution in [0.25, 0.3) is 20.8 Å². The molecule has 3 aromatic heterocycles. The highest BCUT2D eigenvalue weighted by Gasteiger charge is 2.41. The number of pyridine rings is 1. The molecule has 0 amide bonds. The molecule has 0 spiro atoms. The van der Waals surface area contributed by atoms with Crippen molar-refractivity contribution in [3.8, 4) is 10.6 Å². The monoisotopic (exact) mass is 492 g/mol. The zero-order valence-electron chi connectivity index (χ0n) is 19.5. The van der Waals surface area contributed by atoms with E-state index in [2.05, 4.69) is 15.6 Å². The van der Waals surface area contributed by atoms with Crippen LogP contribution in [0.15, 0.2) is 48.8 Å². The Labute approximate surface area is 207 Å². The summed E-state index contributed by atoms with van der Waals surface area (Å²) in [5, 5.41) is 38.0. The van der Waals surface area contributed by atoms with E-state index >= 15 is 0 Å². The first-order valence-corrected chi connectivity index (χ1v) is 12.4. The fraction of sp³-hybridized carbons (Fsp3) is 0.360. The summed E-state index contributed by atoms with van der Waals surface area (Å²) in [5.41, 5.74) is 3.35. The van der Waals surface area contributed by atoms with Gasteiger partial charge in [-0.05, 0) is 31.9 Å². The molecule has 4 aromatic rings. The van der Waals surface area contributed by atoms with Crippen LogP contribution in [0.5, 0.6) is 0 Å². The van der Waals surface area contributed by atoms with Crippen molar-refractivity contribution >= 4 is 33.3 Å². The second kappa shape index (κ2) is 9.82. The van der Waals surface area contributed by atoms with Gasteiger partial charge in [-0.25, -0.2) is 9.97 Å². The number of fused-ring (bicyclic) bond motifs is 1. The third-order valence-corrected chi connectivity index (χ3v) is 7.55. The van der Waals surface area contributed by atoms with Gasteiger partial charge in [0.2, 0.25) is 5.95 Å². The molecule has 0 saturated heterocycles. The summed E-state index contributed by atoms with van der Waals surface area (Å²) >= 11 is 1.52. The highest BCUT2D eigenvalue weighted by atomic mass is 32.1. The Bertz CT molecular complexity index is 1280. The van der Waals surface area contributed by atoms with Crippen molar-refractivity contribution in [3.63, 3.8) is 0 Å². The molecule has 1 aliphatic rings. The molecule has 182 valence electrons. The summed E-state index contributed by atoms with van der Waals surface area (Å²) in [6.45, 7) is 3.75. The quantitative estimate of drug-likeness (QED) is 0.263. The van der Waals surface area contributed by atoms with Gasteiger partial charge in [0.25, 0.3) is 0 Å². The van der Waals surface area contributed by atoms with E-state index in [1.165, 1.54) is 11.3 Å². The molecule has 1 fully saturated rings. The zero-order valence-corrected chi connectivity index (χ0v) is 20.3. The summed E-state index contributed by atoms with van der Waals surface area (Å²) < 4.78 is 0.997. The number of anilines is 2. The van der Waals surface area contributed by atoms with Gasteiger partial charge in [-0.1, -0.05) is 30.3 Å². The summed E-state index contributed by atoms with van der Waals surface area (Å²) in [6, 6.07) is 11.4. The van der Waals surface area contributed by atoms with Crippen molar-refractivity contribution in [1.29, 1.82) is 0 Å². The minimum Gasteiger partial charge on any atom is -0.396 e. The lowest BCUT2D eigenvalue weighted by atomic mass is 10.1. The molecule has 1 aliphatic carbocycles. The van der Waals surface area contributed by atoms with Crippen LogP contribution in [0.1, 0.15) is 30.6 Å². The van der Waals surface area contributed by atoms with E-state index in [4.69, 9.17) is 15.0 Å². The Hall–Kier alpha value is -3.18. The Balaban J connectivity index is 1.54. The molecule has 0 unspecified atom stereocenters. The van der Waals surface area contributed by atoms with Crippen molar-refractivity contribution in [2.24, 2.45) is 5.92 Å². The van der Waals surface area contributed by atoms with Crippen LogP contribution < -0.4 is 10.6 Å². The Morgan fingerprint density at radius 1 is 1.09 bits per heavy atom. The second-order valence-corrected chi connectivity index (χ2v) is 9.94. The van der Waals surface area contributed by atoms with Crippen LogP contribution in [0.2, 0.25) is 0 Å². The van der Waals surface area contributed by atoms with Gasteiger partial charge in [0.05, 0.1) is 40.3 Å². The predicted octanol–water partition coefficient (Wildman–Crippen LogP) is 3.14. The van der Waals surface area contributed by atoms with Crippen LogP contribution >= 0.6 is 11.3 Å². The molecule has 0 bridgehead atoms. The van der Waals surface area contributed by atoms with E-state index < -0.39 is 24.2 Å². The van der Waals surface area contributed by atoms with Crippen molar-refractivity contribution in [2.45, 2.75) is 44.6 Å². The minimum absolute atomic E-state index is 0.0273. The van der Waals surface area contributed by atoms with E-state index in [1.807, 2.05) is 50.2 Å². The fourth-order valence-electron chi connectivity index (χ4n) is 4.53. The lowest BCUT2D eigenvalue weighted by molar-refractivity contribution is 0.00446. The van der Waals surface area contributed by atoms with Gasteiger partial charge in [-0.3, -0.25) is 4.98 Å². The molecule has 1 saturated carbocycles. The Kier molecular flexibility index (Phi) is 6.61. The average molecular weight is 493 g/mol. The second-order valence-electron chi connectivity index (χ2n) is 8.91. The lowest BCUT2D eigenvalue weighted by Crippen LogP contribution is -2.35. The molecular formula is C25H28N6O3S. The molecule has 3 heterocycles. The van der Waals surface area contributed by atoms with E-state index in [9.17, 15) is 15.3 Å². The maximum absolute atomic E-state index is 10.6. The number of aromatic nitrogens is 4. The van der Waals surface area contributed by atoms with Crippen molar-refractivity contribution < 1.29 is 15.3 Å². The minimum atomic E-state index is -1.03. The standard InChI is InChI=1S/C25H28N6O3S/c1-13(15-6-4-3-5-7-15)27-25-28-14(2)20(24-30-18-11-26-9-8-19(18)35-24)23(31-25)29-17-10-16(12-32)21(33)22(17)34/h3-9,11,13,16-17,21-22,32-34H,10,12H2,1-2H3,(H2,27,28,29,31)/t13-,16-,17-,21-,22+/m1/s1. The third kappa shape index (κ3) is 4.70. The first kappa shape index (κ1) is 23.6. The van der Waals surface area contributed by atoms with Gasteiger partial charge in [-0.2, -0.15) is 4.98 Å². The predicted molar refractivity (Wildman–Crippen MR) is 136 cm³/mol. The molecule has 9 nitrogen and oxygen atoms in total. The number of benzene rings is 1. The molecule has 0 radical (unpaired) electrons. The number of aryl methyl sites for hydroxylation is 1. The SMILES string of the molecule is Cc1nc(N[C@H](C)c2ccccc2)nc(N[C@@H]2C[C@H](CO)[C@@H](O)[C@H]2O)c1-c1nc2cnccc2s1. The molecular weight excluding hydrogens is 464 g/mol. The molecule has 10 heteroatoms. The van der Waals surface area contributed by atoms with Crippen molar-refractivity contribution in [2.75, 3.05) is 17.2 Å². The normalized spacial score (nSPS) is 22.9. The highest BCUT2D eigenvalue weighted by Crippen LogP contribution is 2.38. The van der Waals surface area contributed by atoms with Gasteiger partial charge in [0.1, 0.15) is 22.4 Å². The van der Waals surface area contributed by atoms with Crippen molar-refractivity contribution in [1.82, 2.24) is 19.9 Å². The van der Waals surface area contributed by atoms with E-state index in [1.54, 1.807) is 12.4 Å². The summed E-state index contributed by atoms with van der Waals surface area (Å²) in [6.07, 6.45) is 1.83. The topological polar surface area (TPSA) is 136 Å². The van der Waals surface area contributed by atoms with Crippen LogP contribution in [0, 0.1) is 12.8 Å². The molecule has 5 N–H and O–H groups in total. The molecule has 35 heavy (non-hydrogen) atoms. The number of aliphatic hydroxyl groups excluding tert-OH is 3. The Morgan fingerprint density at radius 3 is 2.60 bits per heavy atom. The number of hydrogen-bond acceptors (Lipinski definition) is 10. The van der Waals surface area contributed by atoms with E-state index in [0.29, 0.717) is 18.2 Å². The summed E-state index contributed by atoms with van der Waals surface area (Å²) in [4.78, 5) is 18.4. The number of aliphatic hydroxyl groups is 3.